The molecule has 0 spiro atoms. The van der Waals surface area contributed by atoms with Crippen LogP contribution < -0.4 is 0 Å². The first-order valence-electron chi connectivity index (χ1n) is 9.87. The van der Waals surface area contributed by atoms with Crippen molar-refractivity contribution >= 4 is 45.7 Å². The van der Waals surface area contributed by atoms with Crippen molar-refractivity contribution in [2.75, 3.05) is 18.8 Å². The van der Waals surface area contributed by atoms with Crippen LogP contribution in [0.4, 0.5) is 0 Å². The number of hydrogen-bond acceptors (Lipinski definition) is 7. The first-order chi connectivity index (χ1) is 14.1. The second-order valence-electron chi connectivity index (χ2n) is 7.12. The number of thioether (sulfide) groups is 1. The molecule has 1 amide bonds. The number of ether oxygens (including phenoxy) is 1. The Balaban J connectivity index is 1.39. The molecule has 1 aliphatic heterocycles. The van der Waals surface area contributed by atoms with E-state index in [-0.39, 0.29) is 11.7 Å². The Morgan fingerprint density at radius 2 is 1.93 bits per heavy atom. The highest BCUT2D eigenvalue weighted by molar-refractivity contribution is 8.00. The number of benzene rings is 1. The number of nitrogens with zero attached hydrogens (tertiary/aromatic N) is 3. The van der Waals surface area contributed by atoms with Crippen molar-refractivity contribution in [1.29, 1.82) is 0 Å². The van der Waals surface area contributed by atoms with Crippen molar-refractivity contribution in [2.24, 2.45) is 0 Å². The molecule has 0 radical (unpaired) electrons. The Labute approximate surface area is 172 Å². The average Bonchev–Trinajstić information content (AvgIpc) is 2.91. The molecule has 0 N–H and O–H groups in total. The maximum absolute atomic E-state index is 12.5. The second kappa shape index (κ2) is 8.82. The molecule has 4 rings (SSSR count). The summed E-state index contributed by atoms with van der Waals surface area (Å²) in [5, 5.41) is 1.49. The van der Waals surface area contributed by atoms with Gasteiger partial charge in [0, 0.05) is 18.5 Å². The summed E-state index contributed by atoms with van der Waals surface area (Å²) in [6, 6.07) is 7.63. The van der Waals surface area contributed by atoms with Crippen LogP contribution in [0.2, 0.25) is 0 Å². The van der Waals surface area contributed by atoms with Gasteiger partial charge in [0.15, 0.2) is 11.7 Å². The van der Waals surface area contributed by atoms with E-state index in [4.69, 9.17) is 9.15 Å². The van der Waals surface area contributed by atoms with Gasteiger partial charge in [-0.3, -0.25) is 9.59 Å². The molecule has 1 aromatic carbocycles. The molecule has 1 saturated heterocycles. The largest absolute Gasteiger partial charge is 0.452 e. The van der Waals surface area contributed by atoms with Gasteiger partial charge < -0.3 is 14.1 Å². The van der Waals surface area contributed by atoms with Crippen molar-refractivity contribution in [1.82, 2.24) is 14.9 Å². The summed E-state index contributed by atoms with van der Waals surface area (Å²) < 4.78 is 11.2. The summed E-state index contributed by atoms with van der Waals surface area (Å²) in [6.45, 7) is 3.11. The second-order valence-corrected chi connectivity index (χ2v) is 8.08. The first kappa shape index (κ1) is 19.7. The van der Waals surface area contributed by atoms with Crippen molar-refractivity contribution in [3.8, 4) is 0 Å². The summed E-state index contributed by atoms with van der Waals surface area (Å²) >= 11 is 1.22. The third-order valence-electron chi connectivity index (χ3n) is 5.03. The van der Waals surface area contributed by atoms with Gasteiger partial charge in [0.25, 0.3) is 5.91 Å². The summed E-state index contributed by atoms with van der Waals surface area (Å²) in [6.07, 6.45) is 4.97. The lowest BCUT2D eigenvalue weighted by Crippen LogP contribution is -2.40. The number of amides is 1. The van der Waals surface area contributed by atoms with Crippen LogP contribution in [0.1, 0.15) is 32.6 Å². The zero-order valence-electron chi connectivity index (χ0n) is 16.3. The topological polar surface area (TPSA) is 85.5 Å². The van der Waals surface area contributed by atoms with E-state index < -0.39 is 12.1 Å². The van der Waals surface area contributed by atoms with E-state index in [1.807, 2.05) is 24.3 Å². The van der Waals surface area contributed by atoms with Gasteiger partial charge in [0.05, 0.1) is 5.75 Å². The summed E-state index contributed by atoms with van der Waals surface area (Å²) in [5.74, 6) is -0.527. The van der Waals surface area contributed by atoms with Crippen LogP contribution in [0.3, 0.4) is 0 Å². The van der Waals surface area contributed by atoms with Crippen molar-refractivity contribution in [3.05, 3.63) is 30.6 Å². The van der Waals surface area contributed by atoms with Gasteiger partial charge in [-0.2, -0.15) is 0 Å². The minimum Gasteiger partial charge on any atom is -0.452 e. The number of aromatic nitrogens is 2. The predicted molar refractivity (Wildman–Crippen MR) is 111 cm³/mol. The average molecular weight is 413 g/mol. The molecule has 1 fully saturated rings. The number of rotatable bonds is 5. The number of furan rings is 1. The minimum absolute atomic E-state index is 0.0424. The maximum atomic E-state index is 12.5. The van der Waals surface area contributed by atoms with Gasteiger partial charge in [-0.05, 0) is 31.9 Å². The molecule has 8 heteroatoms. The fourth-order valence-electron chi connectivity index (χ4n) is 3.56. The molecular formula is C21H23N3O4S. The van der Waals surface area contributed by atoms with E-state index in [1.54, 1.807) is 11.8 Å². The van der Waals surface area contributed by atoms with E-state index in [9.17, 15) is 9.59 Å². The number of likely N-dealkylation sites (tertiary alicyclic amines) is 1. The van der Waals surface area contributed by atoms with Crippen molar-refractivity contribution in [3.63, 3.8) is 0 Å². The van der Waals surface area contributed by atoms with E-state index in [0.29, 0.717) is 10.6 Å². The molecule has 3 heterocycles. The summed E-state index contributed by atoms with van der Waals surface area (Å²) in [5.41, 5.74) is 2.00. The molecule has 0 bridgehead atoms. The zero-order chi connectivity index (χ0) is 20.2. The normalized spacial score (nSPS) is 16.0. The highest BCUT2D eigenvalue weighted by Crippen LogP contribution is 2.32. The Bertz CT molecular complexity index is 1030. The fraction of sp³-hybridized carbons (Fsp3) is 0.429. The lowest BCUT2D eigenvalue weighted by atomic mass is 10.2. The van der Waals surface area contributed by atoms with Crippen LogP contribution in [0, 0.1) is 0 Å². The van der Waals surface area contributed by atoms with E-state index in [1.165, 1.54) is 18.1 Å². The summed E-state index contributed by atoms with van der Waals surface area (Å²) in [4.78, 5) is 35.2. The predicted octanol–water partition coefficient (Wildman–Crippen LogP) is 3.80. The standard InChI is InChI=1S/C21H23N3O4S/c1-14(21(26)24-10-6-2-3-7-11-24)27-17(25)12-29-20-19-18(22-13-23-20)15-8-4-5-9-16(15)28-19/h4-5,8-9,13-14H,2-3,6-7,10-12H2,1H3/t14-/m1/s1. The Kier molecular flexibility index (Phi) is 5.99. The summed E-state index contributed by atoms with van der Waals surface area (Å²) in [7, 11) is 0. The number of carbonyl (C=O) groups is 2. The number of para-hydroxylation sites is 1. The molecule has 152 valence electrons. The van der Waals surface area contributed by atoms with Crippen LogP contribution in [0.25, 0.3) is 22.1 Å². The van der Waals surface area contributed by atoms with E-state index >= 15 is 0 Å². The number of esters is 1. The Morgan fingerprint density at radius 3 is 2.72 bits per heavy atom. The monoisotopic (exact) mass is 413 g/mol. The van der Waals surface area contributed by atoms with Crippen LogP contribution in [-0.2, 0) is 14.3 Å². The van der Waals surface area contributed by atoms with Crippen LogP contribution in [-0.4, -0.2) is 51.7 Å². The highest BCUT2D eigenvalue weighted by atomic mass is 32.2. The minimum atomic E-state index is -0.780. The molecule has 0 aliphatic carbocycles. The third-order valence-corrected chi connectivity index (χ3v) is 5.97. The highest BCUT2D eigenvalue weighted by Gasteiger charge is 2.24. The van der Waals surface area contributed by atoms with Gasteiger partial charge in [0.1, 0.15) is 22.5 Å². The van der Waals surface area contributed by atoms with Crippen LogP contribution in [0.15, 0.2) is 40.0 Å². The van der Waals surface area contributed by atoms with Gasteiger partial charge in [0.2, 0.25) is 0 Å². The molecule has 2 aromatic heterocycles. The van der Waals surface area contributed by atoms with Crippen molar-refractivity contribution in [2.45, 2.75) is 43.7 Å². The van der Waals surface area contributed by atoms with Gasteiger partial charge in [-0.15, -0.1) is 0 Å². The van der Waals surface area contributed by atoms with E-state index in [0.717, 1.165) is 55.3 Å². The first-order valence-corrected chi connectivity index (χ1v) is 10.9. The Morgan fingerprint density at radius 1 is 1.17 bits per heavy atom. The smallest absolute Gasteiger partial charge is 0.317 e. The van der Waals surface area contributed by atoms with E-state index in [2.05, 4.69) is 9.97 Å². The third kappa shape index (κ3) is 4.37. The SMILES string of the molecule is C[C@@H](OC(=O)CSc1ncnc2c1oc1ccccc12)C(=O)N1CCCCCC1. The molecule has 7 nitrogen and oxygen atoms in total. The number of fused-ring (bicyclic) bond motifs is 3. The molecule has 0 unspecified atom stereocenters. The van der Waals surface area contributed by atoms with Crippen molar-refractivity contribution < 1.29 is 18.7 Å². The van der Waals surface area contributed by atoms with Gasteiger partial charge in [-0.25, -0.2) is 9.97 Å². The molecular weight excluding hydrogens is 390 g/mol. The zero-order valence-corrected chi connectivity index (χ0v) is 17.1. The molecule has 1 aliphatic rings. The molecule has 3 aromatic rings. The lowest BCUT2D eigenvalue weighted by Gasteiger charge is -2.23. The molecule has 29 heavy (non-hydrogen) atoms. The maximum Gasteiger partial charge on any atom is 0.317 e. The lowest BCUT2D eigenvalue weighted by molar-refractivity contribution is -0.157. The van der Waals surface area contributed by atoms with Gasteiger partial charge in [-0.1, -0.05) is 36.7 Å². The van der Waals surface area contributed by atoms with Crippen LogP contribution >= 0.6 is 11.8 Å². The van der Waals surface area contributed by atoms with Crippen LogP contribution in [0.5, 0.6) is 0 Å². The molecule has 0 saturated carbocycles. The molecule has 1 atom stereocenters. The number of hydrogen-bond donors (Lipinski definition) is 0. The Hall–Kier alpha value is -2.61. The van der Waals surface area contributed by atoms with Gasteiger partial charge >= 0.3 is 5.97 Å². The fourth-order valence-corrected chi connectivity index (χ4v) is 4.28. The number of carbonyl (C=O) groups excluding carboxylic acids is 2. The quantitative estimate of drug-likeness (QED) is 0.357.